The molecule has 0 N–H and O–H groups in total. The third-order valence-electron chi connectivity index (χ3n) is 11.7. The Labute approximate surface area is 322 Å². The number of nitrogens with zero attached hydrogens (tertiary/aromatic N) is 3. The number of aryl methyl sites for hydroxylation is 1. The lowest BCUT2D eigenvalue weighted by atomic mass is 9.72. The van der Waals surface area contributed by atoms with E-state index in [2.05, 4.69) is 146 Å². The Balaban J connectivity index is 1.00. The molecule has 5 heteroatoms. The predicted octanol–water partition coefficient (Wildman–Crippen LogP) is 12.8. The van der Waals surface area contributed by atoms with Crippen LogP contribution in [0.15, 0.2) is 167 Å². The molecule has 0 fully saturated rings. The first-order valence-electron chi connectivity index (χ1n) is 19.3. The molecule has 0 aliphatic heterocycles. The maximum atomic E-state index is 6.59. The smallest absolute Gasteiger partial charge is 0.164 e. The van der Waals surface area contributed by atoms with Crippen LogP contribution in [-0.2, 0) is 6.42 Å². The highest BCUT2D eigenvalue weighted by Gasteiger charge is 2.33. The molecular formula is C51H33N3O2. The van der Waals surface area contributed by atoms with E-state index >= 15 is 0 Å². The van der Waals surface area contributed by atoms with E-state index in [1.807, 2.05) is 18.2 Å². The molecule has 0 saturated heterocycles. The topological polar surface area (TPSA) is 65.0 Å². The largest absolute Gasteiger partial charge is 0.460 e. The molecule has 2 unspecified atom stereocenters. The Morgan fingerprint density at radius 1 is 0.518 bits per heavy atom. The lowest BCUT2D eigenvalue weighted by molar-refractivity contribution is 0.545. The molecule has 12 rings (SSSR count). The fourth-order valence-electron chi connectivity index (χ4n) is 9.06. The van der Waals surface area contributed by atoms with Crippen molar-refractivity contribution >= 4 is 60.9 Å². The summed E-state index contributed by atoms with van der Waals surface area (Å²) in [5.41, 5.74) is 11.4. The van der Waals surface area contributed by atoms with E-state index in [0.717, 1.165) is 84.9 Å². The standard InChI is InChI=1S/C51H33N3O2/c1-2-11-30(12-3-1)49-52-50(54-51(53-49)42-27-35-15-6-7-16-36(35)37-17-8-9-18-38(37)42)40-19-10-20-45-48(40)43-26-33(22-24-44(43)55-45)34-21-23-39-41-25-31-13-4-5-14-32(31)28-47(41)56-46(39)29-34/h1-9,11-19,21-29,37-38H,10,20H2. The van der Waals surface area contributed by atoms with Crippen LogP contribution in [0.3, 0.4) is 0 Å². The van der Waals surface area contributed by atoms with Gasteiger partial charge in [-0.1, -0.05) is 121 Å². The van der Waals surface area contributed by atoms with Crippen LogP contribution in [-0.4, -0.2) is 15.0 Å². The number of hydrogen-bond acceptors (Lipinski definition) is 5. The summed E-state index contributed by atoms with van der Waals surface area (Å²) in [6.07, 6.45) is 15.1. The van der Waals surface area contributed by atoms with Crippen molar-refractivity contribution in [2.45, 2.75) is 18.8 Å². The third-order valence-corrected chi connectivity index (χ3v) is 11.7. The summed E-state index contributed by atoms with van der Waals surface area (Å²) in [7, 11) is 0. The number of rotatable bonds is 4. The third kappa shape index (κ3) is 4.90. The van der Waals surface area contributed by atoms with Crippen LogP contribution in [0.2, 0.25) is 0 Å². The van der Waals surface area contributed by atoms with Crippen molar-refractivity contribution in [3.8, 4) is 22.5 Å². The zero-order valence-corrected chi connectivity index (χ0v) is 30.3. The summed E-state index contributed by atoms with van der Waals surface area (Å²) < 4.78 is 13.1. The van der Waals surface area contributed by atoms with Crippen LogP contribution in [0.25, 0.3) is 83.4 Å². The minimum Gasteiger partial charge on any atom is -0.460 e. The molecule has 5 nitrogen and oxygen atoms in total. The fourth-order valence-corrected chi connectivity index (χ4v) is 9.06. The van der Waals surface area contributed by atoms with Crippen molar-refractivity contribution in [1.29, 1.82) is 0 Å². The van der Waals surface area contributed by atoms with Gasteiger partial charge in [0.1, 0.15) is 22.5 Å². The highest BCUT2D eigenvalue weighted by molar-refractivity contribution is 6.11. The molecule has 0 radical (unpaired) electrons. The van der Waals surface area contributed by atoms with Gasteiger partial charge < -0.3 is 8.83 Å². The molecule has 0 amide bonds. The predicted molar refractivity (Wildman–Crippen MR) is 226 cm³/mol. The van der Waals surface area contributed by atoms with Gasteiger partial charge in [-0.15, -0.1) is 0 Å². The number of fused-ring (bicyclic) bond motifs is 10. The van der Waals surface area contributed by atoms with Crippen LogP contribution in [0.4, 0.5) is 0 Å². The summed E-state index contributed by atoms with van der Waals surface area (Å²) >= 11 is 0. The number of benzene rings is 6. The van der Waals surface area contributed by atoms with Gasteiger partial charge in [-0.05, 0) is 81.9 Å². The first-order chi connectivity index (χ1) is 27.7. The molecular weight excluding hydrogens is 687 g/mol. The second kappa shape index (κ2) is 12.2. The van der Waals surface area contributed by atoms with E-state index in [4.69, 9.17) is 23.8 Å². The van der Waals surface area contributed by atoms with Gasteiger partial charge in [0.05, 0.1) is 0 Å². The van der Waals surface area contributed by atoms with Crippen molar-refractivity contribution < 1.29 is 8.83 Å². The molecule has 3 heterocycles. The maximum Gasteiger partial charge on any atom is 0.164 e. The van der Waals surface area contributed by atoms with Crippen LogP contribution in [0.5, 0.6) is 0 Å². The molecule has 0 bridgehead atoms. The summed E-state index contributed by atoms with van der Waals surface area (Å²) in [5, 5.41) is 5.68. The summed E-state index contributed by atoms with van der Waals surface area (Å²) in [4.78, 5) is 15.7. The highest BCUT2D eigenvalue weighted by atomic mass is 16.3. The lowest BCUT2D eigenvalue weighted by Gasteiger charge is -2.32. The Hall–Kier alpha value is -7.11. The number of allylic oxidation sites excluding steroid dienone is 6. The first kappa shape index (κ1) is 31.3. The van der Waals surface area contributed by atoms with Crippen molar-refractivity contribution in [3.05, 3.63) is 192 Å². The molecule has 56 heavy (non-hydrogen) atoms. The molecule has 3 aliphatic rings. The van der Waals surface area contributed by atoms with Gasteiger partial charge in [0, 0.05) is 56.7 Å². The molecule has 0 saturated carbocycles. The Morgan fingerprint density at radius 3 is 2.16 bits per heavy atom. The van der Waals surface area contributed by atoms with Crippen molar-refractivity contribution in [2.24, 2.45) is 5.92 Å². The normalized spacial score (nSPS) is 17.2. The van der Waals surface area contributed by atoms with Gasteiger partial charge in [0.15, 0.2) is 17.5 Å². The minimum atomic E-state index is 0.116. The van der Waals surface area contributed by atoms with Gasteiger partial charge in [-0.3, -0.25) is 0 Å². The fraction of sp³-hybridized carbons (Fsp3) is 0.0784. The molecule has 3 aromatic heterocycles. The van der Waals surface area contributed by atoms with Gasteiger partial charge in [-0.25, -0.2) is 15.0 Å². The zero-order chi connectivity index (χ0) is 36.7. The van der Waals surface area contributed by atoms with Crippen molar-refractivity contribution in [1.82, 2.24) is 15.0 Å². The monoisotopic (exact) mass is 719 g/mol. The molecule has 9 aromatic rings. The van der Waals surface area contributed by atoms with E-state index in [1.54, 1.807) is 0 Å². The van der Waals surface area contributed by atoms with Gasteiger partial charge in [-0.2, -0.15) is 0 Å². The minimum absolute atomic E-state index is 0.116. The van der Waals surface area contributed by atoms with E-state index in [1.165, 1.54) is 21.9 Å². The SMILES string of the molecule is C1=CC2C(c3nc(C4=CCCc5oc6ccc(-c7ccc8c(c7)oc7cc9ccccc9cc78)cc6c54)nc(-c4ccccc4)n3)=Cc3ccccc3C2C=C1. The Bertz CT molecular complexity index is 3210. The summed E-state index contributed by atoms with van der Waals surface area (Å²) in [5.74, 6) is 3.31. The van der Waals surface area contributed by atoms with E-state index in [-0.39, 0.29) is 11.8 Å². The Morgan fingerprint density at radius 2 is 1.25 bits per heavy atom. The average molecular weight is 720 g/mol. The molecule has 6 aromatic carbocycles. The van der Waals surface area contributed by atoms with Crippen LogP contribution >= 0.6 is 0 Å². The van der Waals surface area contributed by atoms with Crippen molar-refractivity contribution in [2.75, 3.05) is 0 Å². The van der Waals surface area contributed by atoms with Gasteiger partial charge in [0.2, 0.25) is 0 Å². The molecule has 264 valence electrons. The van der Waals surface area contributed by atoms with E-state index < -0.39 is 0 Å². The zero-order valence-electron chi connectivity index (χ0n) is 30.3. The second-order valence-electron chi connectivity index (χ2n) is 15.0. The lowest BCUT2D eigenvalue weighted by Crippen LogP contribution is -2.20. The van der Waals surface area contributed by atoms with E-state index in [0.29, 0.717) is 17.5 Å². The Kier molecular flexibility index (Phi) is 6.81. The first-order valence-corrected chi connectivity index (χ1v) is 19.3. The summed E-state index contributed by atoms with van der Waals surface area (Å²) in [6.45, 7) is 0. The van der Waals surface area contributed by atoms with Crippen LogP contribution in [0.1, 0.15) is 46.4 Å². The summed E-state index contributed by atoms with van der Waals surface area (Å²) in [6, 6.07) is 44.7. The quantitative estimate of drug-likeness (QED) is 0.181. The van der Waals surface area contributed by atoms with Gasteiger partial charge >= 0.3 is 0 Å². The highest BCUT2D eigenvalue weighted by Crippen LogP contribution is 2.46. The number of furan rings is 2. The maximum absolute atomic E-state index is 6.59. The van der Waals surface area contributed by atoms with Crippen LogP contribution < -0.4 is 0 Å². The molecule has 3 aliphatic carbocycles. The average Bonchev–Trinajstić information content (AvgIpc) is 3.82. The second-order valence-corrected chi connectivity index (χ2v) is 15.0. The molecule has 2 atom stereocenters. The van der Waals surface area contributed by atoms with Crippen LogP contribution in [0, 0.1) is 5.92 Å². The number of aromatic nitrogens is 3. The molecule has 0 spiro atoms. The number of hydrogen-bond donors (Lipinski definition) is 0. The van der Waals surface area contributed by atoms with Gasteiger partial charge in [0.25, 0.3) is 0 Å². The van der Waals surface area contributed by atoms with Crippen molar-refractivity contribution in [3.63, 3.8) is 0 Å². The van der Waals surface area contributed by atoms with E-state index in [9.17, 15) is 0 Å².